The molecule has 3 rings (SSSR count). The monoisotopic (exact) mass is 258 g/mol. The molecule has 0 bridgehead atoms. The summed E-state index contributed by atoms with van der Waals surface area (Å²) in [5, 5.41) is 17.6. The first kappa shape index (κ1) is 11.4. The van der Waals surface area contributed by atoms with Crippen molar-refractivity contribution in [2.24, 2.45) is 0 Å². The normalized spacial score (nSPS) is 13.2. The quantitative estimate of drug-likeness (QED) is 0.659. The summed E-state index contributed by atoms with van der Waals surface area (Å²) in [5.41, 5.74) is 2.22. The van der Waals surface area contributed by atoms with Crippen molar-refractivity contribution in [3.8, 4) is 0 Å². The van der Waals surface area contributed by atoms with Crippen molar-refractivity contribution in [3.63, 3.8) is 0 Å². The first-order valence-corrected chi connectivity index (χ1v) is 5.71. The molecule has 1 aliphatic rings. The lowest BCUT2D eigenvalue weighted by molar-refractivity contribution is -0.384. The molecule has 0 radical (unpaired) electrons. The van der Waals surface area contributed by atoms with Crippen molar-refractivity contribution in [2.75, 3.05) is 0 Å². The largest absolute Gasteiger partial charge is 0.346 e. The average molecular weight is 258 g/mol. The molecule has 0 saturated carbocycles. The second-order valence-electron chi connectivity index (χ2n) is 4.27. The summed E-state index contributed by atoms with van der Waals surface area (Å²) in [6.07, 6.45) is 1.52. The van der Waals surface area contributed by atoms with E-state index in [-0.39, 0.29) is 11.6 Å². The third kappa shape index (κ3) is 1.95. The summed E-state index contributed by atoms with van der Waals surface area (Å²) in [6, 6.07) is 6.40. The fourth-order valence-corrected chi connectivity index (χ4v) is 2.12. The number of nitro groups is 1. The highest BCUT2D eigenvalue weighted by Crippen LogP contribution is 2.18. The predicted octanol–water partition coefficient (Wildman–Crippen LogP) is 1.08. The number of nitrogens with zero attached hydrogens (tertiary/aromatic N) is 3. The summed E-state index contributed by atoms with van der Waals surface area (Å²) in [5.74, 6) is -0.125. The summed E-state index contributed by atoms with van der Waals surface area (Å²) in [6.45, 7) is 0.856. The van der Waals surface area contributed by atoms with Gasteiger partial charge in [0.1, 0.15) is 0 Å². The van der Waals surface area contributed by atoms with Gasteiger partial charge in [0, 0.05) is 12.1 Å². The Kier molecular flexibility index (Phi) is 2.52. The number of fused-ring (bicyclic) bond motifs is 1. The van der Waals surface area contributed by atoms with E-state index in [1.165, 1.54) is 18.3 Å². The van der Waals surface area contributed by atoms with Gasteiger partial charge in [-0.1, -0.05) is 12.1 Å². The van der Waals surface area contributed by atoms with Crippen LogP contribution in [-0.4, -0.2) is 20.6 Å². The van der Waals surface area contributed by atoms with Crippen LogP contribution >= 0.6 is 0 Å². The molecule has 1 aromatic heterocycles. The van der Waals surface area contributed by atoms with Crippen LogP contribution in [0.2, 0.25) is 0 Å². The minimum absolute atomic E-state index is 0.0514. The van der Waals surface area contributed by atoms with Crippen LogP contribution in [0, 0.1) is 10.1 Å². The third-order valence-corrected chi connectivity index (χ3v) is 3.06. The van der Waals surface area contributed by atoms with Crippen LogP contribution in [0.5, 0.6) is 0 Å². The van der Waals surface area contributed by atoms with E-state index in [1.54, 1.807) is 16.8 Å². The lowest BCUT2D eigenvalue weighted by Gasteiger charge is -2.05. The molecule has 0 saturated heterocycles. The summed E-state index contributed by atoms with van der Waals surface area (Å²) in [7, 11) is 0. The van der Waals surface area contributed by atoms with E-state index in [0.29, 0.717) is 18.7 Å². The zero-order chi connectivity index (χ0) is 13.4. The van der Waals surface area contributed by atoms with Crippen molar-refractivity contribution in [1.82, 2.24) is 15.1 Å². The molecule has 19 heavy (non-hydrogen) atoms. The summed E-state index contributed by atoms with van der Waals surface area (Å²) >= 11 is 0. The molecule has 0 aliphatic carbocycles. The van der Waals surface area contributed by atoms with Crippen molar-refractivity contribution >= 4 is 11.6 Å². The Morgan fingerprint density at radius 2 is 2.32 bits per heavy atom. The highest BCUT2D eigenvalue weighted by Gasteiger charge is 2.23. The van der Waals surface area contributed by atoms with Crippen LogP contribution in [0.1, 0.15) is 21.6 Å². The molecule has 96 valence electrons. The Hall–Kier alpha value is -2.70. The van der Waals surface area contributed by atoms with Gasteiger partial charge >= 0.3 is 0 Å². The predicted molar refractivity (Wildman–Crippen MR) is 65.6 cm³/mol. The number of nitrogens with one attached hydrogen (secondary N) is 1. The Balaban J connectivity index is 1.90. The van der Waals surface area contributed by atoms with E-state index in [1.807, 2.05) is 0 Å². The number of non-ortho nitro benzene ring substituents is 1. The number of carbonyl (C=O) groups excluding carboxylic acids is 1. The molecule has 2 aromatic rings. The fraction of sp³-hybridized carbons (Fsp3) is 0.167. The molecular weight excluding hydrogens is 248 g/mol. The van der Waals surface area contributed by atoms with Gasteiger partial charge in [-0.2, -0.15) is 5.10 Å². The Morgan fingerprint density at radius 3 is 3.11 bits per heavy atom. The second-order valence-corrected chi connectivity index (χ2v) is 4.27. The van der Waals surface area contributed by atoms with Gasteiger partial charge in [0.05, 0.1) is 35.5 Å². The summed E-state index contributed by atoms with van der Waals surface area (Å²) in [4.78, 5) is 21.7. The number of hydrogen-bond acceptors (Lipinski definition) is 4. The maximum atomic E-state index is 11.4. The Bertz CT molecular complexity index is 677. The maximum Gasteiger partial charge on any atom is 0.269 e. The molecule has 1 N–H and O–H groups in total. The highest BCUT2D eigenvalue weighted by atomic mass is 16.6. The van der Waals surface area contributed by atoms with Crippen LogP contribution < -0.4 is 5.32 Å². The van der Waals surface area contributed by atoms with Crippen molar-refractivity contribution < 1.29 is 9.72 Å². The summed E-state index contributed by atoms with van der Waals surface area (Å²) < 4.78 is 1.69. The molecule has 0 fully saturated rings. The molecule has 7 heteroatoms. The van der Waals surface area contributed by atoms with Crippen LogP contribution in [0.4, 0.5) is 5.69 Å². The molecule has 1 amide bonds. The van der Waals surface area contributed by atoms with Crippen molar-refractivity contribution in [1.29, 1.82) is 0 Å². The number of hydrogen-bond donors (Lipinski definition) is 1. The Labute approximate surface area is 108 Å². The lowest BCUT2D eigenvalue weighted by Crippen LogP contribution is -2.14. The van der Waals surface area contributed by atoms with Gasteiger partial charge in [-0.15, -0.1) is 0 Å². The first-order chi connectivity index (χ1) is 9.15. The molecule has 0 atom stereocenters. The van der Waals surface area contributed by atoms with E-state index in [0.717, 1.165) is 11.3 Å². The number of benzene rings is 1. The number of amides is 1. The van der Waals surface area contributed by atoms with Gasteiger partial charge in [-0.05, 0) is 5.56 Å². The fourth-order valence-electron chi connectivity index (χ4n) is 2.12. The van der Waals surface area contributed by atoms with E-state index < -0.39 is 4.92 Å². The van der Waals surface area contributed by atoms with Gasteiger partial charge in [0.15, 0.2) is 0 Å². The van der Waals surface area contributed by atoms with Gasteiger partial charge in [-0.25, -0.2) is 0 Å². The SMILES string of the molecule is O=C1NCc2c1cnn2Cc1cccc([N+](=O)[O-])c1. The average Bonchev–Trinajstić information content (AvgIpc) is 2.95. The number of nitro benzene ring substituents is 1. The van der Waals surface area contributed by atoms with Gasteiger partial charge in [-0.3, -0.25) is 19.6 Å². The van der Waals surface area contributed by atoms with Crippen LogP contribution in [0.15, 0.2) is 30.5 Å². The van der Waals surface area contributed by atoms with Crippen LogP contribution in [0.25, 0.3) is 0 Å². The van der Waals surface area contributed by atoms with Crippen molar-refractivity contribution in [3.05, 3.63) is 57.4 Å². The van der Waals surface area contributed by atoms with E-state index in [9.17, 15) is 14.9 Å². The number of carbonyl (C=O) groups is 1. The highest BCUT2D eigenvalue weighted by molar-refractivity contribution is 5.97. The van der Waals surface area contributed by atoms with Crippen molar-refractivity contribution in [2.45, 2.75) is 13.1 Å². The Morgan fingerprint density at radius 1 is 1.47 bits per heavy atom. The van der Waals surface area contributed by atoms with E-state index in [2.05, 4.69) is 10.4 Å². The minimum Gasteiger partial charge on any atom is -0.346 e. The molecule has 2 heterocycles. The van der Waals surface area contributed by atoms with Gasteiger partial charge < -0.3 is 5.32 Å². The van der Waals surface area contributed by atoms with Gasteiger partial charge in [0.2, 0.25) is 0 Å². The lowest BCUT2D eigenvalue weighted by atomic mass is 10.2. The van der Waals surface area contributed by atoms with Crippen LogP contribution in [0.3, 0.4) is 0 Å². The first-order valence-electron chi connectivity index (χ1n) is 5.71. The molecule has 7 nitrogen and oxygen atoms in total. The maximum absolute atomic E-state index is 11.4. The standard InChI is InChI=1S/C12H10N4O3/c17-12-10-5-14-15(11(10)6-13-12)7-8-2-1-3-9(4-8)16(18)19/h1-5H,6-7H2,(H,13,17). The molecule has 1 aromatic carbocycles. The van der Waals surface area contributed by atoms with E-state index >= 15 is 0 Å². The zero-order valence-corrected chi connectivity index (χ0v) is 9.87. The van der Waals surface area contributed by atoms with Crippen LogP contribution in [-0.2, 0) is 13.1 Å². The number of rotatable bonds is 3. The molecule has 0 spiro atoms. The second kappa shape index (κ2) is 4.20. The minimum atomic E-state index is -0.428. The van der Waals surface area contributed by atoms with Gasteiger partial charge in [0.25, 0.3) is 11.6 Å². The molecule has 1 aliphatic heterocycles. The molecule has 0 unspecified atom stereocenters. The number of aromatic nitrogens is 2. The molecular formula is C12H10N4O3. The third-order valence-electron chi connectivity index (χ3n) is 3.06. The van der Waals surface area contributed by atoms with E-state index in [4.69, 9.17) is 0 Å². The topological polar surface area (TPSA) is 90.1 Å². The zero-order valence-electron chi connectivity index (χ0n) is 9.87. The smallest absolute Gasteiger partial charge is 0.269 e.